The van der Waals surface area contributed by atoms with E-state index in [0.29, 0.717) is 18.9 Å². The first-order chi connectivity index (χ1) is 7.63. The van der Waals surface area contributed by atoms with Crippen molar-refractivity contribution in [3.05, 3.63) is 29.0 Å². The summed E-state index contributed by atoms with van der Waals surface area (Å²) >= 11 is 5.57. The van der Waals surface area contributed by atoms with Crippen molar-refractivity contribution < 1.29 is 13.9 Å². The molecule has 1 aromatic rings. The molecule has 0 aliphatic rings. The van der Waals surface area contributed by atoms with Gasteiger partial charge in [-0.1, -0.05) is 11.6 Å². The van der Waals surface area contributed by atoms with Crippen molar-refractivity contribution in [2.24, 2.45) is 0 Å². The summed E-state index contributed by atoms with van der Waals surface area (Å²) in [7, 11) is 0. The maximum Gasteiger partial charge on any atom is 0.226 e. The van der Waals surface area contributed by atoms with Crippen molar-refractivity contribution in [1.29, 1.82) is 0 Å². The average Bonchev–Trinajstić information content (AvgIpc) is 2.24. The summed E-state index contributed by atoms with van der Waals surface area (Å²) in [5, 5.41) is 2.59. The van der Waals surface area contributed by atoms with E-state index in [2.05, 4.69) is 5.32 Å². The Morgan fingerprint density at radius 3 is 2.94 bits per heavy atom. The Balaban J connectivity index is 2.46. The van der Waals surface area contributed by atoms with Crippen molar-refractivity contribution >= 4 is 23.2 Å². The van der Waals surface area contributed by atoms with Crippen LogP contribution in [0.1, 0.15) is 13.3 Å². The topological polar surface area (TPSA) is 38.3 Å². The first kappa shape index (κ1) is 12.9. The smallest absolute Gasteiger partial charge is 0.226 e. The van der Waals surface area contributed by atoms with E-state index in [1.54, 1.807) is 0 Å². The number of carbonyl (C=O) groups excluding carboxylic acids is 1. The lowest BCUT2D eigenvalue weighted by molar-refractivity contribution is -0.117. The quantitative estimate of drug-likeness (QED) is 0.810. The lowest BCUT2D eigenvalue weighted by Crippen LogP contribution is -2.14. The van der Waals surface area contributed by atoms with Gasteiger partial charge in [0, 0.05) is 12.3 Å². The van der Waals surface area contributed by atoms with Gasteiger partial charge in [-0.3, -0.25) is 4.79 Å². The molecule has 1 aromatic carbocycles. The first-order valence-electron chi connectivity index (χ1n) is 4.96. The Hall–Kier alpha value is -1.13. The van der Waals surface area contributed by atoms with Gasteiger partial charge in [0.2, 0.25) is 5.91 Å². The van der Waals surface area contributed by atoms with Crippen LogP contribution in [0.2, 0.25) is 5.02 Å². The molecule has 1 N–H and O–H groups in total. The van der Waals surface area contributed by atoms with Crippen LogP contribution < -0.4 is 5.32 Å². The summed E-state index contributed by atoms with van der Waals surface area (Å²) in [5.74, 6) is -0.690. The van der Waals surface area contributed by atoms with Gasteiger partial charge in [-0.05, 0) is 25.1 Å². The van der Waals surface area contributed by atoms with Gasteiger partial charge in [-0.25, -0.2) is 4.39 Å². The van der Waals surface area contributed by atoms with E-state index < -0.39 is 5.82 Å². The van der Waals surface area contributed by atoms with Gasteiger partial charge in [0.15, 0.2) is 0 Å². The molecule has 0 radical (unpaired) electrons. The van der Waals surface area contributed by atoms with E-state index in [9.17, 15) is 9.18 Å². The molecule has 88 valence electrons. The second-order valence-corrected chi connectivity index (χ2v) is 3.53. The Bertz CT molecular complexity index is 371. The van der Waals surface area contributed by atoms with Gasteiger partial charge in [0.1, 0.15) is 5.82 Å². The molecule has 0 fully saturated rings. The molecule has 0 atom stereocenters. The van der Waals surface area contributed by atoms with Crippen molar-refractivity contribution in [2.45, 2.75) is 13.3 Å². The summed E-state index contributed by atoms with van der Waals surface area (Å²) in [6.07, 6.45) is 0.267. The van der Waals surface area contributed by atoms with Crippen LogP contribution in [0.3, 0.4) is 0 Å². The minimum Gasteiger partial charge on any atom is -0.381 e. The lowest BCUT2D eigenvalue weighted by atomic mass is 10.3. The molecule has 0 saturated heterocycles. The molecule has 3 nitrogen and oxygen atoms in total. The van der Waals surface area contributed by atoms with Crippen LogP contribution in [0, 0.1) is 5.82 Å². The molecule has 0 saturated carbocycles. The highest BCUT2D eigenvalue weighted by molar-refractivity contribution is 6.31. The predicted molar refractivity (Wildman–Crippen MR) is 61.1 cm³/mol. The molecule has 0 heterocycles. The number of ether oxygens (including phenoxy) is 1. The van der Waals surface area contributed by atoms with E-state index >= 15 is 0 Å². The predicted octanol–water partition coefficient (Wildman–Crippen LogP) is 2.84. The molecule has 1 amide bonds. The lowest BCUT2D eigenvalue weighted by Gasteiger charge is -2.05. The van der Waals surface area contributed by atoms with Gasteiger partial charge in [-0.15, -0.1) is 0 Å². The molecule has 0 aliphatic heterocycles. The van der Waals surface area contributed by atoms with Crippen LogP contribution in [0.15, 0.2) is 18.2 Å². The third-order valence-corrected chi connectivity index (χ3v) is 2.17. The maximum atomic E-state index is 12.8. The number of anilines is 1. The highest BCUT2D eigenvalue weighted by Gasteiger charge is 2.04. The second kappa shape index (κ2) is 6.45. The fourth-order valence-corrected chi connectivity index (χ4v) is 1.29. The van der Waals surface area contributed by atoms with E-state index in [4.69, 9.17) is 16.3 Å². The van der Waals surface area contributed by atoms with Gasteiger partial charge in [-0.2, -0.15) is 0 Å². The fourth-order valence-electron chi connectivity index (χ4n) is 1.11. The zero-order valence-electron chi connectivity index (χ0n) is 8.93. The molecule has 0 bridgehead atoms. The molecular weight excluding hydrogens is 233 g/mol. The Morgan fingerprint density at radius 1 is 1.56 bits per heavy atom. The average molecular weight is 246 g/mol. The van der Waals surface area contributed by atoms with Crippen molar-refractivity contribution in [3.63, 3.8) is 0 Å². The third kappa shape index (κ3) is 4.16. The van der Waals surface area contributed by atoms with Gasteiger partial charge < -0.3 is 10.1 Å². The van der Waals surface area contributed by atoms with Crippen LogP contribution in [0.5, 0.6) is 0 Å². The minimum atomic E-state index is -0.506. The molecular formula is C11H13ClFNO2. The molecule has 1 rings (SSSR count). The summed E-state index contributed by atoms with van der Waals surface area (Å²) in [6.45, 7) is 2.81. The van der Waals surface area contributed by atoms with Crippen molar-refractivity contribution in [2.75, 3.05) is 18.5 Å². The maximum absolute atomic E-state index is 12.8. The highest BCUT2D eigenvalue weighted by Crippen LogP contribution is 2.19. The minimum absolute atomic E-state index is 0.0115. The highest BCUT2D eigenvalue weighted by atomic mass is 35.5. The zero-order chi connectivity index (χ0) is 12.0. The van der Waals surface area contributed by atoms with E-state index in [1.165, 1.54) is 18.2 Å². The number of hydrogen-bond donors (Lipinski definition) is 1. The van der Waals surface area contributed by atoms with Gasteiger partial charge in [0.05, 0.1) is 18.1 Å². The van der Waals surface area contributed by atoms with Crippen molar-refractivity contribution in [1.82, 2.24) is 0 Å². The first-order valence-corrected chi connectivity index (χ1v) is 5.34. The van der Waals surface area contributed by atoms with E-state index in [1.807, 2.05) is 6.92 Å². The standard InChI is InChI=1S/C11H13ClFNO2/c1-2-16-6-5-11(15)14-8-3-4-10(13)9(12)7-8/h3-4,7H,2,5-6H2,1H3,(H,14,15). The molecule has 16 heavy (non-hydrogen) atoms. The number of carbonyl (C=O) groups is 1. The van der Waals surface area contributed by atoms with Gasteiger partial charge >= 0.3 is 0 Å². The van der Waals surface area contributed by atoms with E-state index in [0.717, 1.165) is 0 Å². The normalized spacial score (nSPS) is 10.2. The number of rotatable bonds is 5. The third-order valence-electron chi connectivity index (χ3n) is 1.88. The van der Waals surface area contributed by atoms with Crippen LogP contribution >= 0.6 is 11.6 Å². The largest absolute Gasteiger partial charge is 0.381 e. The van der Waals surface area contributed by atoms with Gasteiger partial charge in [0.25, 0.3) is 0 Å². The SMILES string of the molecule is CCOCCC(=O)Nc1ccc(F)c(Cl)c1. The number of nitrogens with one attached hydrogen (secondary N) is 1. The molecule has 0 spiro atoms. The summed E-state index contributed by atoms with van der Waals surface area (Å²) < 4.78 is 17.9. The summed E-state index contributed by atoms with van der Waals surface area (Å²) in [6, 6.07) is 4.04. The molecule has 0 unspecified atom stereocenters. The number of halogens is 2. The van der Waals surface area contributed by atoms with Crippen LogP contribution in [-0.4, -0.2) is 19.1 Å². The number of hydrogen-bond acceptors (Lipinski definition) is 2. The Morgan fingerprint density at radius 2 is 2.31 bits per heavy atom. The van der Waals surface area contributed by atoms with Crippen molar-refractivity contribution in [3.8, 4) is 0 Å². The fraction of sp³-hybridized carbons (Fsp3) is 0.364. The van der Waals surface area contributed by atoms with E-state index in [-0.39, 0.29) is 17.4 Å². The zero-order valence-corrected chi connectivity index (χ0v) is 9.68. The number of benzene rings is 1. The Labute approximate surface area is 98.5 Å². The van der Waals surface area contributed by atoms with Crippen LogP contribution in [0.4, 0.5) is 10.1 Å². The summed E-state index contributed by atoms with van der Waals surface area (Å²) in [5.41, 5.74) is 0.480. The number of amides is 1. The molecule has 0 aliphatic carbocycles. The Kier molecular flexibility index (Phi) is 5.22. The van der Waals surface area contributed by atoms with Crippen LogP contribution in [0.25, 0.3) is 0 Å². The second-order valence-electron chi connectivity index (χ2n) is 3.12. The monoisotopic (exact) mass is 245 g/mol. The summed E-state index contributed by atoms with van der Waals surface area (Å²) in [4.78, 5) is 11.4. The molecule has 0 aromatic heterocycles. The van der Waals surface area contributed by atoms with Crippen LogP contribution in [-0.2, 0) is 9.53 Å². The molecule has 5 heteroatoms.